The zero-order valence-corrected chi connectivity index (χ0v) is 7.85. The van der Waals surface area contributed by atoms with Gasteiger partial charge in [0.2, 0.25) is 0 Å². The quantitative estimate of drug-likeness (QED) is 0.699. The molecule has 0 saturated heterocycles. The van der Waals surface area contributed by atoms with Gasteiger partial charge in [-0.1, -0.05) is 24.3 Å². The standard InChI is InChI=1S/C12H8FNO/c13-11-2-1-7-14-12(11)10-5-3-9(8-15)4-6-10/h1-8H. The van der Waals surface area contributed by atoms with Gasteiger partial charge in [0.1, 0.15) is 17.8 Å². The molecule has 2 rings (SSSR count). The average molecular weight is 201 g/mol. The molecule has 1 aromatic heterocycles. The number of aldehydes is 1. The van der Waals surface area contributed by atoms with Crippen LogP contribution < -0.4 is 0 Å². The molecule has 0 unspecified atom stereocenters. The highest BCUT2D eigenvalue weighted by Crippen LogP contribution is 2.19. The van der Waals surface area contributed by atoms with Crippen LogP contribution in [0.5, 0.6) is 0 Å². The van der Waals surface area contributed by atoms with Crippen molar-refractivity contribution < 1.29 is 9.18 Å². The van der Waals surface area contributed by atoms with Crippen LogP contribution in [0.1, 0.15) is 10.4 Å². The van der Waals surface area contributed by atoms with E-state index in [4.69, 9.17) is 0 Å². The lowest BCUT2D eigenvalue weighted by molar-refractivity contribution is 0.112. The van der Waals surface area contributed by atoms with Gasteiger partial charge in [-0.25, -0.2) is 4.39 Å². The van der Waals surface area contributed by atoms with Crippen molar-refractivity contribution >= 4 is 6.29 Å². The number of benzene rings is 1. The molecular weight excluding hydrogens is 193 g/mol. The fraction of sp³-hybridized carbons (Fsp3) is 0. The molecule has 1 aromatic carbocycles. The van der Waals surface area contributed by atoms with E-state index in [2.05, 4.69) is 4.98 Å². The summed E-state index contributed by atoms with van der Waals surface area (Å²) in [6.07, 6.45) is 2.28. The molecule has 0 bridgehead atoms. The Kier molecular flexibility index (Phi) is 2.54. The van der Waals surface area contributed by atoms with E-state index in [-0.39, 0.29) is 5.82 Å². The molecule has 0 N–H and O–H groups in total. The number of pyridine rings is 1. The van der Waals surface area contributed by atoms with Crippen molar-refractivity contribution in [2.24, 2.45) is 0 Å². The lowest BCUT2D eigenvalue weighted by Gasteiger charge is -2.01. The van der Waals surface area contributed by atoms with Gasteiger partial charge in [0.25, 0.3) is 0 Å². The lowest BCUT2D eigenvalue weighted by Crippen LogP contribution is -1.88. The van der Waals surface area contributed by atoms with Crippen molar-refractivity contribution in [1.82, 2.24) is 4.98 Å². The molecule has 0 amide bonds. The van der Waals surface area contributed by atoms with Crippen LogP contribution in [-0.2, 0) is 0 Å². The maximum Gasteiger partial charge on any atom is 0.150 e. The summed E-state index contributed by atoms with van der Waals surface area (Å²) < 4.78 is 13.3. The first-order valence-electron chi connectivity index (χ1n) is 4.47. The molecule has 3 heteroatoms. The SMILES string of the molecule is O=Cc1ccc(-c2ncccc2F)cc1. The van der Waals surface area contributed by atoms with Crippen LogP contribution in [0.4, 0.5) is 4.39 Å². The van der Waals surface area contributed by atoms with Crippen molar-refractivity contribution in [3.8, 4) is 11.3 Å². The van der Waals surface area contributed by atoms with Crippen molar-refractivity contribution in [2.45, 2.75) is 0 Å². The van der Waals surface area contributed by atoms with Crippen LogP contribution in [0.25, 0.3) is 11.3 Å². The summed E-state index contributed by atoms with van der Waals surface area (Å²) in [6, 6.07) is 9.52. The zero-order valence-electron chi connectivity index (χ0n) is 7.85. The third-order valence-electron chi connectivity index (χ3n) is 2.08. The number of carbonyl (C=O) groups excluding carboxylic acids is 1. The van der Waals surface area contributed by atoms with Gasteiger partial charge in [0.05, 0.1) is 0 Å². The highest BCUT2D eigenvalue weighted by atomic mass is 19.1. The van der Waals surface area contributed by atoms with E-state index in [1.807, 2.05) is 0 Å². The Labute approximate surface area is 86.4 Å². The Hall–Kier alpha value is -2.03. The summed E-state index contributed by atoms with van der Waals surface area (Å²) in [7, 11) is 0. The molecule has 0 fully saturated rings. The predicted molar refractivity (Wildman–Crippen MR) is 55.0 cm³/mol. The first-order valence-corrected chi connectivity index (χ1v) is 4.47. The van der Waals surface area contributed by atoms with Crippen molar-refractivity contribution in [3.05, 3.63) is 54.0 Å². The Balaban J connectivity index is 2.46. The van der Waals surface area contributed by atoms with E-state index >= 15 is 0 Å². The summed E-state index contributed by atoms with van der Waals surface area (Å²) in [4.78, 5) is 14.4. The van der Waals surface area contributed by atoms with Gasteiger partial charge in [0.15, 0.2) is 0 Å². The van der Waals surface area contributed by atoms with Gasteiger partial charge in [0, 0.05) is 17.3 Å². The summed E-state index contributed by atoms with van der Waals surface area (Å²) in [5.74, 6) is -0.364. The van der Waals surface area contributed by atoms with E-state index in [1.165, 1.54) is 12.3 Å². The molecule has 0 aliphatic carbocycles. The Bertz CT molecular complexity index is 479. The molecule has 2 aromatic rings. The Morgan fingerprint density at radius 2 is 1.87 bits per heavy atom. The van der Waals surface area contributed by atoms with E-state index < -0.39 is 0 Å². The number of carbonyl (C=O) groups is 1. The molecule has 0 saturated carbocycles. The molecular formula is C12H8FNO. The van der Waals surface area contributed by atoms with Crippen LogP contribution in [0, 0.1) is 5.82 Å². The third-order valence-corrected chi connectivity index (χ3v) is 2.08. The molecule has 0 radical (unpaired) electrons. The summed E-state index contributed by atoms with van der Waals surface area (Å²) >= 11 is 0. The molecule has 0 aliphatic rings. The largest absolute Gasteiger partial charge is 0.298 e. The maximum atomic E-state index is 13.3. The first-order chi connectivity index (χ1) is 7.31. The van der Waals surface area contributed by atoms with Gasteiger partial charge >= 0.3 is 0 Å². The van der Waals surface area contributed by atoms with Crippen LogP contribution >= 0.6 is 0 Å². The minimum absolute atomic E-state index is 0.301. The van der Waals surface area contributed by atoms with Crippen LogP contribution in [-0.4, -0.2) is 11.3 Å². The Morgan fingerprint density at radius 1 is 1.13 bits per heavy atom. The molecule has 15 heavy (non-hydrogen) atoms. The lowest BCUT2D eigenvalue weighted by atomic mass is 10.1. The topological polar surface area (TPSA) is 30.0 Å². The van der Waals surface area contributed by atoms with Gasteiger partial charge in [-0.2, -0.15) is 0 Å². The van der Waals surface area contributed by atoms with Crippen LogP contribution in [0.3, 0.4) is 0 Å². The molecule has 1 heterocycles. The Morgan fingerprint density at radius 3 is 2.47 bits per heavy atom. The van der Waals surface area contributed by atoms with E-state index in [1.54, 1.807) is 30.3 Å². The maximum absolute atomic E-state index is 13.3. The van der Waals surface area contributed by atoms with E-state index in [0.717, 1.165) is 6.29 Å². The minimum atomic E-state index is -0.364. The van der Waals surface area contributed by atoms with Gasteiger partial charge in [-0.3, -0.25) is 9.78 Å². The smallest absolute Gasteiger partial charge is 0.150 e. The van der Waals surface area contributed by atoms with E-state index in [0.29, 0.717) is 16.8 Å². The fourth-order valence-corrected chi connectivity index (χ4v) is 1.32. The first kappa shape index (κ1) is 9.52. The highest BCUT2D eigenvalue weighted by Gasteiger charge is 2.04. The molecule has 0 spiro atoms. The predicted octanol–water partition coefficient (Wildman–Crippen LogP) is 2.70. The van der Waals surface area contributed by atoms with Crippen molar-refractivity contribution in [3.63, 3.8) is 0 Å². The zero-order chi connectivity index (χ0) is 10.7. The summed E-state index contributed by atoms with van der Waals surface area (Å²) in [5.41, 5.74) is 1.53. The summed E-state index contributed by atoms with van der Waals surface area (Å²) in [5, 5.41) is 0. The summed E-state index contributed by atoms with van der Waals surface area (Å²) in [6.45, 7) is 0. The number of hydrogen-bond acceptors (Lipinski definition) is 2. The van der Waals surface area contributed by atoms with E-state index in [9.17, 15) is 9.18 Å². The number of halogens is 1. The molecule has 2 nitrogen and oxygen atoms in total. The normalized spacial score (nSPS) is 9.93. The second-order valence-electron chi connectivity index (χ2n) is 3.07. The van der Waals surface area contributed by atoms with Gasteiger partial charge in [-0.05, 0) is 12.1 Å². The number of nitrogens with zero attached hydrogens (tertiary/aromatic N) is 1. The van der Waals surface area contributed by atoms with Crippen molar-refractivity contribution in [2.75, 3.05) is 0 Å². The average Bonchev–Trinajstić information content (AvgIpc) is 2.30. The second-order valence-corrected chi connectivity index (χ2v) is 3.07. The molecule has 74 valence electrons. The third kappa shape index (κ3) is 1.91. The second kappa shape index (κ2) is 4.00. The number of rotatable bonds is 2. The van der Waals surface area contributed by atoms with Crippen LogP contribution in [0.15, 0.2) is 42.6 Å². The molecule has 0 atom stereocenters. The monoisotopic (exact) mass is 201 g/mol. The van der Waals surface area contributed by atoms with Gasteiger partial charge < -0.3 is 0 Å². The highest BCUT2D eigenvalue weighted by molar-refractivity contribution is 5.76. The minimum Gasteiger partial charge on any atom is -0.298 e. The number of aromatic nitrogens is 1. The van der Waals surface area contributed by atoms with Crippen molar-refractivity contribution in [1.29, 1.82) is 0 Å². The van der Waals surface area contributed by atoms with Crippen LogP contribution in [0.2, 0.25) is 0 Å². The number of hydrogen-bond donors (Lipinski definition) is 0. The fourth-order valence-electron chi connectivity index (χ4n) is 1.32. The molecule has 0 aliphatic heterocycles. The van der Waals surface area contributed by atoms with Gasteiger partial charge in [-0.15, -0.1) is 0 Å².